The van der Waals surface area contributed by atoms with Gasteiger partial charge in [0.05, 0.1) is 17.7 Å². The first-order valence-corrected chi connectivity index (χ1v) is 6.53. The Kier molecular flexibility index (Phi) is 4.30. The maximum atomic E-state index is 11.9. The van der Waals surface area contributed by atoms with Crippen LogP contribution in [0.25, 0.3) is 0 Å². The molecule has 0 saturated carbocycles. The molecule has 19 heavy (non-hydrogen) atoms. The van der Waals surface area contributed by atoms with E-state index in [1.54, 1.807) is 31.2 Å². The Morgan fingerprint density at radius 1 is 1.21 bits per heavy atom. The van der Waals surface area contributed by atoms with Gasteiger partial charge in [-0.1, -0.05) is 23.4 Å². The topological polar surface area (TPSA) is 47.9 Å². The van der Waals surface area contributed by atoms with Gasteiger partial charge in [-0.05, 0) is 30.5 Å². The van der Waals surface area contributed by atoms with Gasteiger partial charge in [0.2, 0.25) is 0 Å². The number of methoxy groups -OCH3 is 1. The minimum absolute atomic E-state index is 0.354. The van der Waals surface area contributed by atoms with Crippen LogP contribution >= 0.6 is 11.3 Å². The summed E-state index contributed by atoms with van der Waals surface area (Å²) in [5.41, 5.74) is 1.02. The van der Waals surface area contributed by atoms with E-state index in [4.69, 9.17) is 9.57 Å². The molecule has 0 aliphatic rings. The Labute approximate surface area is 115 Å². The van der Waals surface area contributed by atoms with Crippen molar-refractivity contribution < 1.29 is 14.4 Å². The second-order valence-corrected chi connectivity index (χ2v) is 4.68. The highest BCUT2D eigenvalue weighted by molar-refractivity contribution is 7.12. The molecule has 2 rings (SSSR count). The van der Waals surface area contributed by atoms with Crippen LogP contribution < -0.4 is 4.74 Å². The van der Waals surface area contributed by atoms with E-state index in [0.29, 0.717) is 17.0 Å². The van der Waals surface area contributed by atoms with E-state index in [-0.39, 0.29) is 0 Å². The van der Waals surface area contributed by atoms with Gasteiger partial charge in [0.15, 0.2) is 0 Å². The first-order valence-electron chi connectivity index (χ1n) is 5.65. The SMILES string of the molecule is COc1ccccc1C(=O)ON=C(C)c1cccs1. The molecule has 0 N–H and O–H groups in total. The molecule has 0 bridgehead atoms. The number of para-hydroxylation sites is 1. The largest absolute Gasteiger partial charge is 0.496 e. The van der Waals surface area contributed by atoms with Crippen molar-refractivity contribution in [2.45, 2.75) is 6.92 Å². The Balaban J connectivity index is 2.11. The summed E-state index contributed by atoms with van der Waals surface area (Å²) in [5, 5.41) is 5.78. The molecule has 0 fully saturated rings. The molecule has 0 unspecified atom stereocenters. The van der Waals surface area contributed by atoms with Crippen molar-refractivity contribution in [1.82, 2.24) is 0 Å². The third-order valence-corrected chi connectivity index (χ3v) is 3.45. The summed E-state index contributed by atoms with van der Waals surface area (Å²) in [6.45, 7) is 1.79. The first-order chi connectivity index (χ1) is 9.22. The molecule has 0 radical (unpaired) electrons. The van der Waals surface area contributed by atoms with Crippen molar-refractivity contribution in [2.75, 3.05) is 7.11 Å². The van der Waals surface area contributed by atoms with Gasteiger partial charge in [-0.3, -0.25) is 0 Å². The monoisotopic (exact) mass is 275 g/mol. The van der Waals surface area contributed by atoms with Gasteiger partial charge in [-0.25, -0.2) is 4.79 Å². The van der Waals surface area contributed by atoms with E-state index < -0.39 is 5.97 Å². The van der Waals surface area contributed by atoms with Crippen molar-refractivity contribution in [1.29, 1.82) is 0 Å². The highest BCUT2D eigenvalue weighted by atomic mass is 32.1. The average Bonchev–Trinajstić information content (AvgIpc) is 2.98. The molecular formula is C14H13NO3S. The van der Waals surface area contributed by atoms with Crippen LogP contribution in [-0.4, -0.2) is 18.8 Å². The van der Waals surface area contributed by atoms with Gasteiger partial charge < -0.3 is 9.57 Å². The number of hydrogen-bond acceptors (Lipinski definition) is 5. The zero-order valence-corrected chi connectivity index (χ0v) is 11.4. The van der Waals surface area contributed by atoms with Gasteiger partial charge in [-0.2, -0.15) is 0 Å². The highest BCUT2D eigenvalue weighted by Gasteiger charge is 2.13. The molecule has 5 heteroatoms. The Morgan fingerprint density at radius 2 is 2.00 bits per heavy atom. The maximum Gasteiger partial charge on any atom is 0.369 e. The molecule has 1 aromatic carbocycles. The second kappa shape index (κ2) is 6.15. The fraction of sp³-hybridized carbons (Fsp3) is 0.143. The van der Waals surface area contributed by atoms with Gasteiger partial charge >= 0.3 is 5.97 Å². The lowest BCUT2D eigenvalue weighted by Crippen LogP contribution is -2.05. The van der Waals surface area contributed by atoms with Gasteiger partial charge in [-0.15, -0.1) is 11.3 Å². The van der Waals surface area contributed by atoms with E-state index in [1.807, 2.05) is 17.5 Å². The quantitative estimate of drug-likeness (QED) is 0.488. The molecule has 0 atom stereocenters. The van der Waals surface area contributed by atoms with E-state index in [2.05, 4.69) is 5.16 Å². The molecule has 4 nitrogen and oxygen atoms in total. The summed E-state index contributed by atoms with van der Waals surface area (Å²) in [6, 6.07) is 10.7. The number of carbonyl (C=O) groups is 1. The number of rotatable bonds is 4. The molecule has 0 saturated heterocycles. The molecular weight excluding hydrogens is 262 g/mol. The molecule has 1 heterocycles. The number of thiophene rings is 1. The number of oxime groups is 1. The second-order valence-electron chi connectivity index (χ2n) is 3.73. The summed E-state index contributed by atoms with van der Waals surface area (Å²) in [6.07, 6.45) is 0. The fourth-order valence-electron chi connectivity index (χ4n) is 1.50. The van der Waals surface area contributed by atoms with E-state index in [9.17, 15) is 4.79 Å². The molecule has 0 spiro atoms. The number of nitrogens with zero attached hydrogens (tertiary/aromatic N) is 1. The lowest BCUT2D eigenvalue weighted by Gasteiger charge is -2.05. The van der Waals surface area contributed by atoms with Crippen LogP contribution in [-0.2, 0) is 4.84 Å². The third-order valence-electron chi connectivity index (χ3n) is 2.47. The predicted octanol–water partition coefficient (Wildman–Crippen LogP) is 3.34. The lowest BCUT2D eigenvalue weighted by molar-refractivity contribution is 0.0513. The molecule has 0 aliphatic heterocycles. The van der Waals surface area contributed by atoms with Crippen LogP contribution in [0.2, 0.25) is 0 Å². The van der Waals surface area contributed by atoms with E-state index >= 15 is 0 Å². The number of carbonyl (C=O) groups excluding carboxylic acids is 1. The highest BCUT2D eigenvalue weighted by Crippen LogP contribution is 2.18. The van der Waals surface area contributed by atoms with E-state index in [1.165, 1.54) is 18.4 Å². The first kappa shape index (κ1) is 13.3. The molecule has 0 amide bonds. The minimum Gasteiger partial charge on any atom is -0.496 e. The minimum atomic E-state index is -0.534. The fourth-order valence-corrected chi connectivity index (χ4v) is 2.17. The van der Waals surface area contributed by atoms with Crippen molar-refractivity contribution >= 4 is 23.0 Å². The number of hydrogen-bond donors (Lipinski definition) is 0. The summed E-state index contributed by atoms with van der Waals surface area (Å²) < 4.78 is 5.10. The molecule has 1 aromatic heterocycles. The van der Waals surface area contributed by atoms with Crippen LogP contribution in [0.15, 0.2) is 46.9 Å². The zero-order valence-electron chi connectivity index (χ0n) is 10.6. The Bertz CT molecular complexity index is 590. The normalized spacial score (nSPS) is 11.2. The summed E-state index contributed by atoms with van der Waals surface area (Å²) in [4.78, 5) is 17.8. The summed E-state index contributed by atoms with van der Waals surface area (Å²) in [5.74, 6) is -0.0650. The third kappa shape index (κ3) is 3.20. The van der Waals surface area contributed by atoms with Crippen LogP contribution in [0.3, 0.4) is 0 Å². The van der Waals surface area contributed by atoms with Crippen molar-refractivity contribution in [3.63, 3.8) is 0 Å². The maximum absolute atomic E-state index is 11.9. The summed E-state index contributed by atoms with van der Waals surface area (Å²) >= 11 is 1.54. The van der Waals surface area contributed by atoms with Crippen molar-refractivity contribution in [3.8, 4) is 5.75 Å². The molecule has 2 aromatic rings. The number of benzene rings is 1. The van der Waals surface area contributed by atoms with Gasteiger partial charge in [0.25, 0.3) is 0 Å². The lowest BCUT2D eigenvalue weighted by atomic mass is 10.2. The Morgan fingerprint density at radius 3 is 2.68 bits per heavy atom. The predicted molar refractivity (Wildman–Crippen MR) is 74.9 cm³/mol. The number of ether oxygens (including phenoxy) is 1. The Hall–Kier alpha value is -2.14. The van der Waals surface area contributed by atoms with Crippen LogP contribution in [0.1, 0.15) is 22.2 Å². The average molecular weight is 275 g/mol. The summed E-state index contributed by atoms with van der Waals surface area (Å²) in [7, 11) is 1.51. The van der Waals surface area contributed by atoms with Crippen molar-refractivity contribution in [2.24, 2.45) is 5.16 Å². The molecule has 0 aliphatic carbocycles. The smallest absolute Gasteiger partial charge is 0.369 e. The van der Waals surface area contributed by atoms with E-state index in [0.717, 1.165) is 4.88 Å². The van der Waals surface area contributed by atoms with Gasteiger partial charge in [0, 0.05) is 0 Å². The standard InChI is InChI=1S/C14H13NO3S/c1-10(13-8-5-9-19-13)15-18-14(16)11-6-3-4-7-12(11)17-2/h3-9H,1-2H3. The van der Waals surface area contributed by atoms with Crippen LogP contribution in [0, 0.1) is 0 Å². The van der Waals surface area contributed by atoms with Crippen LogP contribution in [0.5, 0.6) is 5.75 Å². The molecule has 98 valence electrons. The van der Waals surface area contributed by atoms with Crippen LogP contribution in [0.4, 0.5) is 0 Å². The van der Waals surface area contributed by atoms with Gasteiger partial charge in [0.1, 0.15) is 11.3 Å². The van der Waals surface area contributed by atoms with Crippen molar-refractivity contribution in [3.05, 3.63) is 52.2 Å². The zero-order chi connectivity index (χ0) is 13.7.